The topological polar surface area (TPSA) is 15.8 Å². The van der Waals surface area contributed by atoms with Gasteiger partial charge in [-0.3, -0.25) is 0 Å². The molecule has 1 N–H and O–H groups in total. The minimum atomic E-state index is 1.00. The van der Waals surface area contributed by atoms with E-state index in [2.05, 4.69) is 61.0 Å². The van der Waals surface area contributed by atoms with Crippen LogP contribution in [0, 0.1) is 0 Å². The summed E-state index contributed by atoms with van der Waals surface area (Å²) in [4.78, 5) is 3.39. The molecule has 0 unspecified atom stereocenters. The van der Waals surface area contributed by atoms with Gasteiger partial charge in [0.25, 0.3) is 0 Å². The molecular formula is C17H13NS. The van der Waals surface area contributed by atoms with Gasteiger partial charge in [-0.2, -0.15) is 0 Å². The molecule has 0 saturated heterocycles. The van der Waals surface area contributed by atoms with E-state index in [1.165, 1.54) is 36.3 Å². The Kier molecular flexibility index (Phi) is 2.12. The van der Waals surface area contributed by atoms with Crippen LogP contribution in [0.3, 0.4) is 0 Å². The van der Waals surface area contributed by atoms with E-state index in [1.807, 2.05) is 11.3 Å². The van der Waals surface area contributed by atoms with E-state index in [1.54, 1.807) is 0 Å². The maximum Gasteiger partial charge on any atom is 0.0471 e. The number of thiophene rings is 1. The maximum absolute atomic E-state index is 4.12. The zero-order valence-corrected chi connectivity index (χ0v) is 11.5. The molecular weight excluding hydrogens is 250 g/mol. The highest BCUT2D eigenvalue weighted by molar-refractivity contribution is 7.26. The Balaban J connectivity index is 2.46. The third-order valence-corrected chi connectivity index (χ3v) is 4.85. The van der Waals surface area contributed by atoms with E-state index in [-0.39, 0.29) is 0 Å². The quantitative estimate of drug-likeness (QED) is 0.497. The second-order valence-electron chi connectivity index (χ2n) is 4.77. The van der Waals surface area contributed by atoms with Gasteiger partial charge in [0.1, 0.15) is 0 Å². The molecule has 0 fully saturated rings. The van der Waals surface area contributed by atoms with Gasteiger partial charge in [-0.25, -0.2) is 0 Å². The first-order valence-corrected chi connectivity index (χ1v) is 7.18. The molecule has 0 aliphatic heterocycles. The Labute approximate surface area is 114 Å². The fourth-order valence-electron chi connectivity index (χ4n) is 2.90. The molecule has 0 spiro atoms. The van der Waals surface area contributed by atoms with Crippen molar-refractivity contribution in [3.8, 4) is 0 Å². The second-order valence-corrected chi connectivity index (χ2v) is 5.85. The van der Waals surface area contributed by atoms with Gasteiger partial charge in [0.15, 0.2) is 0 Å². The molecule has 0 radical (unpaired) electrons. The highest BCUT2D eigenvalue weighted by atomic mass is 32.1. The van der Waals surface area contributed by atoms with Gasteiger partial charge in [0.2, 0.25) is 0 Å². The SMILES string of the molecule is C=c1[nH]c2ccc3sc4ccccc4c3c2/c1=C/C. The first-order valence-electron chi connectivity index (χ1n) is 6.37. The zero-order chi connectivity index (χ0) is 13.0. The van der Waals surface area contributed by atoms with Crippen LogP contribution in [0.15, 0.2) is 36.4 Å². The van der Waals surface area contributed by atoms with Crippen molar-refractivity contribution in [1.29, 1.82) is 0 Å². The number of rotatable bonds is 0. The highest BCUT2D eigenvalue weighted by Crippen LogP contribution is 2.36. The van der Waals surface area contributed by atoms with Gasteiger partial charge < -0.3 is 4.98 Å². The van der Waals surface area contributed by atoms with Gasteiger partial charge in [0.05, 0.1) is 0 Å². The van der Waals surface area contributed by atoms with Gasteiger partial charge in [-0.1, -0.05) is 30.9 Å². The lowest BCUT2D eigenvalue weighted by molar-refractivity contribution is 1.37. The van der Waals surface area contributed by atoms with Crippen LogP contribution in [0.4, 0.5) is 0 Å². The summed E-state index contributed by atoms with van der Waals surface area (Å²) in [6.07, 6.45) is 2.15. The summed E-state index contributed by atoms with van der Waals surface area (Å²) in [7, 11) is 0. The molecule has 92 valence electrons. The number of aromatic amines is 1. The number of H-pyrrole nitrogens is 1. The molecule has 0 amide bonds. The molecule has 2 heteroatoms. The Hall–Kier alpha value is -2.06. The summed E-state index contributed by atoms with van der Waals surface area (Å²) < 4.78 is 2.69. The summed E-state index contributed by atoms with van der Waals surface area (Å²) in [6.45, 7) is 6.19. The fourth-order valence-corrected chi connectivity index (χ4v) is 4.01. The van der Waals surface area contributed by atoms with Crippen LogP contribution in [0.2, 0.25) is 0 Å². The van der Waals surface area contributed by atoms with Crippen molar-refractivity contribution in [2.75, 3.05) is 0 Å². The van der Waals surface area contributed by atoms with Gasteiger partial charge in [-0.05, 0) is 25.1 Å². The molecule has 0 atom stereocenters. The second kappa shape index (κ2) is 3.72. The molecule has 4 rings (SSSR count). The van der Waals surface area contributed by atoms with E-state index in [0.29, 0.717) is 0 Å². The normalized spacial score (nSPS) is 13.0. The number of aromatic nitrogens is 1. The number of fused-ring (bicyclic) bond motifs is 5. The molecule has 0 aliphatic carbocycles. The third-order valence-electron chi connectivity index (χ3n) is 3.71. The van der Waals surface area contributed by atoms with Crippen molar-refractivity contribution in [2.45, 2.75) is 6.92 Å². The molecule has 2 aromatic heterocycles. The monoisotopic (exact) mass is 263 g/mol. The van der Waals surface area contributed by atoms with Crippen LogP contribution in [-0.4, -0.2) is 4.98 Å². The molecule has 0 aliphatic rings. The smallest absolute Gasteiger partial charge is 0.0471 e. The van der Waals surface area contributed by atoms with Crippen LogP contribution in [0.1, 0.15) is 6.92 Å². The lowest BCUT2D eigenvalue weighted by Gasteiger charge is -1.95. The summed E-state index contributed by atoms with van der Waals surface area (Å²) in [5, 5.41) is 6.24. The molecule has 1 nitrogen and oxygen atoms in total. The van der Waals surface area contributed by atoms with Crippen molar-refractivity contribution >= 4 is 55.1 Å². The number of benzene rings is 2. The zero-order valence-electron chi connectivity index (χ0n) is 10.7. The van der Waals surface area contributed by atoms with Gasteiger partial charge in [0, 0.05) is 41.6 Å². The molecule has 0 bridgehead atoms. The number of hydrogen-bond donors (Lipinski definition) is 1. The van der Waals surface area contributed by atoms with E-state index in [4.69, 9.17) is 0 Å². The molecule has 4 aromatic rings. The average Bonchev–Trinajstić information content (AvgIpc) is 2.94. The van der Waals surface area contributed by atoms with Crippen LogP contribution in [0.5, 0.6) is 0 Å². The maximum atomic E-state index is 4.12. The fraction of sp³-hybridized carbons (Fsp3) is 0.0588. The van der Waals surface area contributed by atoms with Crippen molar-refractivity contribution in [2.24, 2.45) is 0 Å². The Morgan fingerprint density at radius 3 is 2.74 bits per heavy atom. The predicted octanol–water partition coefficient (Wildman–Crippen LogP) is 3.75. The van der Waals surface area contributed by atoms with E-state index < -0.39 is 0 Å². The Morgan fingerprint density at radius 1 is 1.05 bits per heavy atom. The van der Waals surface area contributed by atoms with Crippen LogP contribution >= 0.6 is 11.3 Å². The van der Waals surface area contributed by atoms with Crippen LogP contribution < -0.4 is 10.6 Å². The Bertz CT molecular complexity index is 1030. The largest absolute Gasteiger partial charge is 0.355 e. The van der Waals surface area contributed by atoms with Crippen molar-refractivity contribution in [1.82, 2.24) is 4.98 Å². The minimum absolute atomic E-state index is 1.00. The summed E-state index contributed by atoms with van der Waals surface area (Å²) in [5.41, 5.74) is 1.18. The third kappa shape index (κ3) is 1.35. The van der Waals surface area contributed by atoms with E-state index >= 15 is 0 Å². The highest BCUT2D eigenvalue weighted by Gasteiger charge is 2.10. The summed E-state index contributed by atoms with van der Waals surface area (Å²) in [6, 6.07) is 13.0. The standard InChI is InChI=1S/C17H13NS/c1-3-11-10(2)18-13-8-9-15-17(16(11)13)12-6-4-5-7-14(12)19-15/h3-9,18H,2H2,1H3/b11-3+. The average molecular weight is 263 g/mol. The van der Waals surface area contributed by atoms with Crippen LogP contribution in [0.25, 0.3) is 43.7 Å². The minimum Gasteiger partial charge on any atom is -0.355 e. The molecule has 2 heterocycles. The Morgan fingerprint density at radius 2 is 1.89 bits per heavy atom. The number of hydrogen-bond acceptors (Lipinski definition) is 1. The lowest BCUT2D eigenvalue weighted by Crippen LogP contribution is -2.19. The molecule has 2 aromatic carbocycles. The molecule has 0 saturated carbocycles. The summed E-state index contributed by atoms with van der Waals surface area (Å²) >= 11 is 1.86. The van der Waals surface area contributed by atoms with Crippen molar-refractivity contribution in [3.05, 3.63) is 47.0 Å². The van der Waals surface area contributed by atoms with Gasteiger partial charge >= 0.3 is 0 Å². The number of nitrogens with one attached hydrogen (secondary N) is 1. The summed E-state index contributed by atoms with van der Waals surface area (Å²) in [5.74, 6) is 0. The van der Waals surface area contributed by atoms with E-state index in [0.717, 1.165) is 5.35 Å². The van der Waals surface area contributed by atoms with Crippen molar-refractivity contribution in [3.63, 3.8) is 0 Å². The first kappa shape index (κ1) is 10.8. The van der Waals surface area contributed by atoms with Crippen molar-refractivity contribution < 1.29 is 0 Å². The first-order chi connectivity index (χ1) is 9.29. The predicted molar refractivity (Wildman–Crippen MR) is 86.1 cm³/mol. The van der Waals surface area contributed by atoms with E-state index in [9.17, 15) is 0 Å². The van der Waals surface area contributed by atoms with Gasteiger partial charge in [-0.15, -0.1) is 11.3 Å². The lowest BCUT2D eigenvalue weighted by atomic mass is 10.1. The van der Waals surface area contributed by atoms with Crippen LogP contribution in [-0.2, 0) is 0 Å². The molecule has 19 heavy (non-hydrogen) atoms.